The molecule has 0 amide bonds. The van der Waals surface area contributed by atoms with E-state index in [9.17, 15) is 0 Å². The number of rotatable bonds is 7. The van der Waals surface area contributed by atoms with Crippen molar-refractivity contribution in [2.75, 3.05) is 5.43 Å². The minimum atomic E-state index is 0.354. The highest BCUT2D eigenvalue weighted by atomic mass is 15.3. The number of hydrogen-bond acceptors (Lipinski definition) is 4. The number of fused-ring (bicyclic) bond motifs is 2. The van der Waals surface area contributed by atoms with Gasteiger partial charge in [0.1, 0.15) is 5.71 Å². The van der Waals surface area contributed by atoms with Crippen LogP contribution in [0.25, 0.3) is 71.6 Å². The molecule has 0 aliphatic heterocycles. The van der Waals surface area contributed by atoms with Gasteiger partial charge in [0.25, 0.3) is 0 Å². The van der Waals surface area contributed by atoms with Crippen LogP contribution in [-0.4, -0.2) is 16.4 Å². The lowest BCUT2D eigenvalue weighted by molar-refractivity contribution is 1.33. The van der Waals surface area contributed by atoms with E-state index in [1.54, 1.807) is 0 Å². The van der Waals surface area contributed by atoms with E-state index in [-0.39, 0.29) is 0 Å². The van der Waals surface area contributed by atoms with E-state index in [0.717, 1.165) is 50.2 Å². The van der Waals surface area contributed by atoms with Crippen LogP contribution in [0.2, 0.25) is 0 Å². The first-order valence-corrected chi connectivity index (χ1v) is 17.7. The van der Waals surface area contributed by atoms with Gasteiger partial charge in [0.2, 0.25) is 0 Å². The highest BCUT2D eigenvalue weighted by molar-refractivity contribution is 6.51. The summed E-state index contributed by atoms with van der Waals surface area (Å²) in [6.45, 7) is 0. The van der Waals surface area contributed by atoms with Crippen LogP contribution in [0.4, 0.5) is 5.69 Å². The van der Waals surface area contributed by atoms with E-state index in [1.807, 2.05) is 48.8 Å². The monoisotopic (exact) mass is 678 g/mol. The lowest BCUT2D eigenvalue weighted by Crippen LogP contribution is -2.13. The Bertz CT molecular complexity index is 2610. The molecule has 1 aliphatic rings. The molecule has 1 heterocycles. The summed E-state index contributed by atoms with van der Waals surface area (Å²) >= 11 is 0. The number of aromatic nitrogens is 1. The van der Waals surface area contributed by atoms with Crippen molar-refractivity contribution in [3.63, 3.8) is 0 Å². The van der Waals surface area contributed by atoms with Crippen LogP contribution in [0.1, 0.15) is 5.56 Å². The highest BCUT2D eigenvalue weighted by Gasteiger charge is 2.17. The van der Waals surface area contributed by atoms with Gasteiger partial charge < -0.3 is 0 Å². The van der Waals surface area contributed by atoms with Gasteiger partial charge in [-0.05, 0) is 120 Å². The predicted octanol–water partition coefficient (Wildman–Crippen LogP) is 12.5. The van der Waals surface area contributed by atoms with Crippen LogP contribution >= 0.6 is 0 Å². The number of benzene rings is 7. The first-order valence-electron chi connectivity index (χ1n) is 17.7. The Morgan fingerprint density at radius 1 is 0.453 bits per heavy atom. The number of pyridine rings is 1. The molecule has 1 aromatic heterocycles. The van der Waals surface area contributed by atoms with Crippen LogP contribution in [0.15, 0.2) is 200 Å². The topological polar surface area (TPSA) is 61.1 Å². The molecule has 0 atom stereocenters. The summed E-state index contributed by atoms with van der Waals surface area (Å²) in [7, 11) is 0. The number of nitrogens with zero attached hydrogens (tertiary/aromatic N) is 2. The summed E-state index contributed by atoms with van der Waals surface area (Å²) in [6, 6.07) is 57.4. The molecular formula is C49H34N4. The quantitative estimate of drug-likeness (QED) is 0.100. The van der Waals surface area contributed by atoms with Crippen molar-refractivity contribution in [3.05, 3.63) is 200 Å². The van der Waals surface area contributed by atoms with Gasteiger partial charge in [-0.15, -0.1) is 0 Å². The Morgan fingerprint density at radius 2 is 0.962 bits per heavy atom. The third-order valence-corrected chi connectivity index (χ3v) is 9.84. The molecule has 0 bridgehead atoms. The van der Waals surface area contributed by atoms with Crippen molar-refractivity contribution < 1.29 is 0 Å². The highest BCUT2D eigenvalue weighted by Crippen LogP contribution is 2.43. The van der Waals surface area contributed by atoms with E-state index >= 15 is 0 Å². The summed E-state index contributed by atoms with van der Waals surface area (Å²) in [5.41, 5.74) is 16.3. The van der Waals surface area contributed by atoms with Crippen molar-refractivity contribution in [3.8, 4) is 44.5 Å². The average molecular weight is 679 g/mol. The van der Waals surface area contributed by atoms with Gasteiger partial charge in [-0.1, -0.05) is 133 Å². The molecule has 4 nitrogen and oxygen atoms in total. The zero-order chi connectivity index (χ0) is 35.6. The number of hydrazone groups is 1. The van der Waals surface area contributed by atoms with Crippen LogP contribution in [0.3, 0.4) is 0 Å². The van der Waals surface area contributed by atoms with Gasteiger partial charge in [0.05, 0.1) is 11.4 Å². The molecule has 0 saturated carbocycles. The van der Waals surface area contributed by atoms with Crippen LogP contribution < -0.4 is 5.43 Å². The summed E-state index contributed by atoms with van der Waals surface area (Å²) in [5, 5.41) is 18.2. The summed E-state index contributed by atoms with van der Waals surface area (Å²) in [4.78, 5) is 4.43. The Morgan fingerprint density at radius 3 is 1.51 bits per heavy atom. The summed E-state index contributed by atoms with van der Waals surface area (Å²) in [6.07, 6.45) is 9.58. The molecule has 9 rings (SSSR count). The van der Waals surface area contributed by atoms with E-state index in [2.05, 4.69) is 156 Å². The molecule has 0 radical (unpaired) electrons. The van der Waals surface area contributed by atoms with Crippen LogP contribution in [0.5, 0.6) is 0 Å². The third-order valence-electron chi connectivity index (χ3n) is 9.84. The van der Waals surface area contributed by atoms with Crippen molar-refractivity contribution in [2.24, 2.45) is 5.10 Å². The first-order chi connectivity index (χ1) is 26.2. The maximum absolute atomic E-state index is 8.69. The second kappa shape index (κ2) is 13.9. The molecule has 250 valence electrons. The average Bonchev–Trinajstić information content (AvgIpc) is 3.23. The second-order valence-corrected chi connectivity index (χ2v) is 13.1. The van der Waals surface area contributed by atoms with Gasteiger partial charge >= 0.3 is 0 Å². The van der Waals surface area contributed by atoms with Gasteiger partial charge in [-0.25, -0.2) is 0 Å². The smallest absolute Gasteiger partial charge is 0.109 e. The van der Waals surface area contributed by atoms with Crippen molar-refractivity contribution >= 4 is 44.2 Å². The lowest BCUT2D eigenvalue weighted by atomic mass is 9.86. The first kappa shape index (κ1) is 31.8. The SMILES string of the molecule is N=C1C=CC(c2cc(-c3ccccc3)cc(-c3ccccc3)c2)=C/C1=N/Nc1ccc(-c2c3ccccc3c(-c3cccnc3)c3ccccc23)cc1. The number of allylic oxidation sites excluding steroid dienone is 4. The third kappa shape index (κ3) is 6.24. The van der Waals surface area contributed by atoms with E-state index in [0.29, 0.717) is 11.4 Å². The maximum atomic E-state index is 8.69. The molecule has 7 aromatic carbocycles. The summed E-state index contributed by atoms with van der Waals surface area (Å²) < 4.78 is 0. The Kier molecular flexibility index (Phi) is 8.31. The molecule has 8 aromatic rings. The van der Waals surface area contributed by atoms with Crippen molar-refractivity contribution in [2.45, 2.75) is 0 Å². The Hall–Kier alpha value is -7.17. The minimum absolute atomic E-state index is 0.354. The molecule has 53 heavy (non-hydrogen) atoms. The maximum Gasteiger partial charge on any atom is 0.109 e. The molecule has 0 unspecified atom stereocenters. The normalized spacial score (nSPS) is 13.4. The van der Waals surface area contributed by atoms with E-state index in [1.165, 1.54) is 32.7 Å². The largest absolute Gasteiger partial charge is 0.299 e. The van der Waals surface area contributed by atoms with Crippen LogP contribution in [0, 0.1) is 5.41 Å². The van der Waals surface area contributed by atoms with Gasteiger partial charge in [0, 0.05) is 18.0 Å². The molecular weight excluding hydrogens is 645 g/mol. The zero-order valence-corrected chi connectivity index (χ0v) is 28.9. The predicted molar refractivity (Wildman–Crippen MR) is 223 cm³/mol. The Labute approximate surface area is 308 Å². The number of anilines is 1. The van der Waals surface area contributed by atoms with Gasteiger partial charge in [-0.2, -0.15) is 5.10 Å². The molecule has 0 fully saturated rings. The molecule has 0 spiro atoms. The number of nitrogens with one attached hydrogen (secondary N) is 2. The fourth-order valence-corrected chi connectivity index (χ4v) is 7.29. The molecule has 0 saturated heterocycles. The van der Waals surface area contributed by atoms with Crippen molar-refractivity contribution in [1.82, 2.24) is 4.98 Å². The van der Waals surface area contributed by atoms with Gasteiger partial charge in [0.15, 0.2) is 0 Å². The lowest BCUT2D eigenvalue weighted by Gasteiger charge is -2.17. The van der Waals surface area contributed by atoms with Gasteiger partial charge in [-0.3, -0.25) is 15.8 Å². The van der Waals surface area contributed by atoms with Crippen LogP contribution in [-0.2, 0) is 0 Å². The molecule has 2 N–H and O–H groups in total. The molecule has 1 aliphatic carbocycles. The van der Waals surface area contributed by atoms with E-state index < -0.39 is 0 Å². The van der Waals surface area contributed by atoms with E-state index in [4.69, 9.17) is 10.5 Å². The minimum Gasteiger partial charge on any atom is -0.299 e. The fourth-order valence-electron chi connectivity index (χ4n) is 7.29. The second-order valence-electron chi connectivity index (χ2n) is 13.1. The zero-order valence-electron chi connectivity index (χ0n) is 28.9. The van der Waals surface area contributed by atoms with Crippen molar-refractivity contribution in [1.29, 1.82) is 5.41 Å². The standard InChI is InChI=1S/C49H34N4/c50-46-26-23-36(40-29-38(33-12-3-1-4-13-33)28-39(30-40)34-14-5-2-6-15-34)31-47(46)53-52-41-24-21-35(22-25-41)48-42-17-7-9-19-44(42)49(37-16-11-27-51-32-37)45-20-10-8-18-43(45)48/h1-32,50,52H/b50-46?,53-47-. The fraction of sp³-hybridized carbons (Fsp3) is 0. The number of hydrogen-bond donors (Lipinski definition) is 2. The Balaban J connectivity index is 1.05. The molecule has 4 heteroatoms. The summed E-state index contributed by atoms with van der Waals surface area (Å²) in [5.74, 6) is 0.